The van der Waals surface area contributed by atoms with Crippen molar-refractivity contribution in [3.8, 4) is 22.5 Å². The van der Waals surface area contributed by atoms with Crippen LogP contribution in [0.2, 0.25) is 0 Å². The first-order valence-corrected chi connectivity index (χ1v) is 52.4. The van der Waals surface area contributed by atoms with Crippen LogP contribution in [-0.2, 0) is 98.0 Å². The Balaban J connectivity index is 0.000000166. The summed E-state index contributed by atoms with van der Waals surface area (Å²) in [5, 5.41) is 21.4. The molecule has 145 heavy (non-hydrogen) atoms. The third-order valence-corrected chi connectivity index (χ3v) is 29.3. The Morgan fingerprint density at radius 2 is 0.800 bits per heavy atom. The maximum Gasteiger partial charge on any atom is 0.426 e. The number of aromatic nitrogens is 4. The number of nitrogens with zero attached hydrogens (tertiary/aromatic N) is 9. The van der Waals surface area contributed by atoms with Crippen molar-refractivity contribution in [1.82, 2.24) is 35.5 Å². The Labute approximate surface area is 868 Å². The van der Waals surface area contributed by atoms with Crippen molar-refractivity contribution < 1.29 is 122 Å². The number of hydrogen-bond acceptors (Lipinski definition) is 34. The number of benzene rings is 4. The fraction of sp³-hybridized carbons (Fsp3) is 0.594. The van der Waals surface area contributed by atoms with Gasteiger partial charge in [0.25, 0.3) is 0 Å². The van der Waals surface area contributed by atoms with Crippen LogP contribution >= 0.6 is 63.0 Å². The third kappa shape index (κ3) is 29.5. The number of amides is 5. The summed E-state index contributed by atoms with van der Waals surface area (Å²) in [7, 11) is 8.16. The molecule has 0 radical (unpaired) electrons. The molecule has 5 fully saturated rings. The van der Waals surface area contributed by atoms with Crippen LogP contribution in [0.3, 0.4) is 0 Å². The topological polar surface area (TPSA) is 414 Å². The zero-order valence-electron chi connectivity index (χ0n) is 85.8. The number of carbonyl (C=O) groups is 6. The van der Waals surface area contributed by atoms with E-state index in [0.29, 0.717) is 119 Å². The molecule has 16 rings (SSSR count). The average Bonchev–Trinajstić information content (AvgIpc) is 1.05. The van der Waals surface area contributed by atoms with E-state index in [1.807, 2.05) is 18.2 Å². The summed E-state index contributed by atoms with van der Waals surface area (Å²) in [5.41, 5.74) is 3.67. The number of ether oxygens (including phenoxy) is 15. The summed E-state index contributed by atoms with van der Waals surface area (Å²) in [6.07, 6.45) is 2.16. The van der Waals surface area contributed by atoms with Crippen molar-refractivity contribution in [3.05, 3.63) is 153 Å². The molecule has 0 spiro atoms. The Morgan fingerprint density at radius 3 is 1.18 bits per heavy atom. The first-order chi connectivity index (χ1) is 68.4. The van der Waals surface area contributed by atoms with E-state index in [9.17, 15) is 33.2 Å². The minimum Gasteiger partial charge on any atom is -0.444 e. The van der Waals surface area contributed by atoms with Crippen LogP contribution in [0.1, 0.15) is 175 Å². The Hall–Kier alpha value is -9.13. The number of hydrogen-bond donors (Lipinski definition) is 4. The zero-order valence-corrected chi connectivity index (χ0v) is 90.6. The van der Waals surface area contributed by atoms with E-state index < -0.39 is 92.3 Å². The maximum absolute atomic E-state index is 15.5. The number of rotatable bonds is 17. The fourth-order valence-corrected chi connectivity index (χ4v) is 23.1. The van der Waals surface area contributed by atoms with Gasteiger partial charge in [0.15, 0.2) is 26.5 Å². The van der Waals surface area contributed by atoms with Crippen molar-refractivity contribution in [2.75, 3.05) is 131 Å². The number of aliphatic imine (C=N–C) groups is 4. The molecule has 0 bridgehead atoms. The number of imide groups is 2. The highest BCUT2D eigenvalue weighted by atomic mass is 79.9. The van der Waals surface area contributed by atoms with E-state index in [2.05, 4.69) is 46.8 Å². The highest BCUT2D eigenvalue weighted by Crippen LogP contribution is 2.54. The minimum absolute atomic E-state index is 0.00571. The molecule has 2 aromatic heterocycles. The van der Waals surface area contributed by atoms with Crippen LogP contribution in [0.25, 0.3) is 22.5 Å². The van der Waals surface area contributed by atoms with E-state index in [-0.39, 0.29) is 114 Å². The Morgan fingerprint density at radius 1 is 0.448 bits per heavy atom. The van der Waals surface area contributed by atoms with Gasteiger partial charge in [0.05, 0.1) is 114 Å². The lowest BCUT2D eigenvalue weighted by Gasteiger charge is -2.47. The first kappa shape index (κ1) is 115. The summed E-state index contributed by atoms with van der Waals surface area (Å²) >= 11 is 8.79. The molecule has 12 heterocycles. The lowest BCUT2D eigenvalue weighted by molar-refractivity contribution is -0.0840. The SMILES string of the molecule is COC[C@H]1C[C@H]2CON=C2CO1.COC[C@H]1C[C@H]2CSC(N(C(=O)OC(C)(C)C)C(=O)OC(C)(C)C)=N[C@@]2(c2cc(Br)ccc2F)CO1.COC[C@H]1C[C@H]2CSC(N(C(=O)OC(C)(C)C)C(=O)OC(C)(C)C)=N[C@@]2(c2cc(C(C)=O)ccc2F)CO1.COC[C@H]1C[C@H]2CSC(N)=N[C@@]2(c2cc(-c3ccn[nH]3)ccc2F)CO1.COC[C@H]1C[C@H]2CSC(NC(=O)OC(C)(C)C)=N[C@@]2(c2cc(-c3ccn[nH]3)ccc2F)CO1. The summed E-state index contributed by atoms with van der Waals surface area (Å²) in [6, 6.07) is 22.4. The number of nitrogens with one attached hydrogen (secondary N) is 3. The number of fused-ring (bicyclic) bond motifs is 5. The van der Waals surface area contributed by atoms with E-state index in [1.54, 1.807) is 182 Å². The van der Waals surface area contributed by atoms with Gasteiger partial charge in [-0.05, 0) is 228 Å². The highest BCUT2D eigenvalue weighted by molar-refractivity contribution is 9.10. The lowest BCUT2D eigenvalue weighted by Crippen LogP contribution is -2.54. The van der Waals surface area contributed by atoms with Crippen molar-refractivity contribution in [3.63, 3.8) is 0 Å². The predicted octanol–water partition coefficient (Wildman–Crippen LogP) is 18.7. The molecule has 10 aliphatic heterocycles. The van der Waals surface area contributed by atoms with E-state index in [1.165, 1.54) is 90.4 Å². The second-order valence-corrected chi connectivity index (χ2v) is 46.4. The van der Waals surface area contributed by atoms with Crippen LogP contribution < -0.4 is 11.1 Å². The largest absolute Gasteiger partial charge is 0.444 e. The van der Waals surface area contributed by atoms with Gasteiger partial charge in [0.2, 0.25) is 0 Å². The van der Waals surface area contributed by atoms with Gasteiger partial charge in [-0.2, -0.15) is 20.0 Å². The lowest BCUT2D eigenvalue weighted by atomic mass is 9.74. The molecule has 4 aromatic carbocycles. The van der Waals surface area contributed by atoms with E-state index in [4.69, 9.17) is 102 Å². The standard InChI is InChI=1S/C27H37FN2O7S.C25H34BrFN2O6S.C23H29FN4O4S.C18H21FN4O2S.C8H13NO3/c1-16(31)17-9-10-21(28)20(11-17)27-15-35-19(13-34-8)12-18(27)14-38-22(29-27)30(23(32)36-25(2,3)4)24(33)37-26(5,6)7;1-23(2,3)34-21(30)29(22(31)35-24(4,5)6)20-28-25(18-11-16(26)8-9-19(18)27)14-33-17(12-32-7)10-15(25)13-36-20;1-22(2,3)32-21(29)26-20-27-23(13-31-16(11-30-4)10-15(23)12-33-20)17-9-14(5-6-18(17)24)19-7-8-25-28-19;1-24-8-13-7-12-9-26-17(20)22-18(12,10-25-13)14-6-11(2-3-15(14)19)16-4-5-21-23-16;1-10-4-7-2-6-3-12-9-8(6)5-11-7/h9-11,18-19H,12-15H2,1-8H3;8-9,11,15,17H,10,12-14H2,1-7H3;5-9,15-16H,10-13H2,1-4H3,(H,25,28)(H,26,27,29);2-6,12-13H,7-10H2,1H3,(H2,20,22)(H,21,23);6-7H,2-5H2,1H3/t18-,19+,27-;15-,17+,25-;15-,16+,23-;12-,13+,18-;6-,7+/m00000/s1. The Bertz CT molecular complexity index is 5610. The number of methoxy groups -OCH3 is 5. The second-order valence-electron chi connectivity index (χ2n) is 41.5. The van der Waals surface area contributed by atoms with Gasteiger partial charge in [0, 0.05) is 144 Å². The highest BCUT2D eigenvalue weighted by Gasteiger charge is 2.57. The van der Waals surface area contributed by atoms with Gasteiger partial charge < -0.3 is 81.6 Å². The molecule has 14 atom stereocenters. The van der Waals surface area contributed by atoms with Crippen LogP contribution in [0, 0.1) is 52.9 Å². The van der Waals surface area contributed by atoms with Crippen LogP contribution in [0.4, 0.5) is 41.5 Å². The van der Waals surface area contributed by atoms with Crippen LogP contribution in [0.15, 0.2) is 127 Å². The van der Waals surface area contributed by atoms with Crippen molar-refractivity contribution in [2.45, 2.75) is 224 Å². The molecule has 794 valence electrons. The Kier molecular flexibility index (Phi) is 38.8. The van der Waals surface area contributed by atoms with Crippen LogP contribution in [0.5, 0.6) is 0 Å². The number of halogens is 5. The number of oxime groups is 1. The molecule has 5 amide bonds. The molecule has 44 heteroatoms. The monoisotopic (exact) mass is 2160 g/mol. The van der Waals surface area contributed by atoms with Gasteiger partial charge in [-0.15, -0.1) is 0 Å². The number of aromatic amines is 2. The minimum atomic E-state index is -1.30. The summed E-state index contributed by atoms with van der Waals surface area (Å²) < 4.78 is 145. The number of thioether (sulfide) groups is 4. The van der Waals surface area contributed by atoms with Gasteiger partial charge in [0.1, 0.15) is 80.0 Å². The molecule has 6 aromatic rings. The van der Waals surface area contributed by atoms with Gasteiger partial charge in [-0.25, -0.2) is 61.5 Å². The molecule has 0 unspecified atom stereocenters. The zero-order chi connectivity index (χ0) is 106. The predicted molar refractivity (Wildman–Crippen MR) is 549 cm³/mol. The van der Waals surface area contributed by atoms with Gasteiger partial charge >= 0.3 is 30.5 Å². The molecular formula is C101H134BrF4N13O22S4. The molecule has 0 saturated carbocycles. The van der Waals surface area contributed by atoms with Crippen molar-refractivity contribution in [2.24, 2.45) is 60.4 Å². The smallest absolute Gasteiger partial charge is 0.426 e. The van der Waals surface area contributed by atoms with Crippen molar-refractivity contribution in [1.29, 1.82) is 0 Å². The number of alkyl carbamates (subject to hydrolysis) is 1. The fourth-order valence-electron chi connectivity index (χ4n) is 18.1. The quantitative estimate of drug-likeness (QED) is 0.0374. The van der Waals surface area contributed by atoms with Gasteiger partial charge in [-0.1, -0.05) is 68.1 Å². The molecule has 5 saturated heterocycles. The number of nitrogens with two attached hydrogens (primary N) is 1. The summed E-state index contributed by atoms with van der Waals surface area (Å²) in [6.45, 7) is 31.3. The molecular weight excluding hydrogens is 2030 g/mol. The number of H-pyrrole nitrogens is 2. The summed E-state index contributed by atoms with van der Waals surface area (Å²) in [5.74, 6) is 0.600. The van der Waals surface area contributed by atoms with Crippen molar-refractivity contribution >= 4 is 126 Å². The molecule has 5 N–H and O–H groups in total. The average molecular weight is 2170 g/mol. The molecule has 10 aliphatic rings. The third-order valence-electron chi connectivity index (χ3n) is 24.7. The van der Waals surface area contributed by atoms with Crippen LogP contribution in [-0.4, -0.2) is 283 Å². The first-order valence-electron chi connectivity index (χ1n) is 47.7. The normalized spacial score (nSPS) is 25.9. The molecule has 0 aliphatic carbocycles. The summed E-state index contributed by atoms with van der Waals surface area (Å²) in [4.78, 5) is 103. The van der Waals surface area contributed by atoms with Gasteiger partial charge in [-0.3, -0.25) is 20.3 Å². The number of ketones is 1. The van der Waals surface area contributed by atoms with E-state index in [0.717, 1.165) is 63.2 Å². The number of Topliss-reactive ketones (excluding diaryl/α,β-unsaturated/α-hetero) is 1. The number of amidine groups is 4. The van der Waals surface area contributed by atoms with E-state index >= 15 is 13.2 Å². The molecule has 35 nitrogen and oxygen atoms in total. The second kappa shape index (κ2) is 49.1. The number of carbonyl (C=O) groups excluding carboxylic acids is 6. The maximum atomic E-state index is 15.5.